The lowest BCUT2D eigenvalue weighted by atomic mass is 10.3. The van der Waals surface area contributed by atoms with Crippen molar-refractivity contribution in [1.29, 1.82) is 0 Å². The van der Waals surface area contributed by atoms with Crippen molar-refractivity contribution in [3.05, 3.63) is 59.6 Å². The molecule has 2 aromatic carbocycles. The summed E-state index contributed by atoms with van der Waals surface area (Å²) in [4.78, 5) is 24.1. The Morgan fingerprint density at radius 2 is 1.58 bits per heavy atom. The van der Waals surface area contributed by atoms with Gasteiger partial charge in [-0.05, 0) is 50.2 Å². The van der Waals surface area contributed by atoms with Crippen LogP contribution in [0.15, 0.2) is 54.6 Å². The molecule has 0 fully saturated rings. The first-order valence-electron chi connectivity index (χ1n) is 7.44. The van der Waals surface area contributed by atoms with Gasteiger partial charge in [-0.15, -0.1) is 0 Å². The summed E-state index contributed by atoms with van der Waals surface area (Å²) in [6.07, 6.45) is -1.77. The van der Waals surface area contributed by atoms with Gasteiger partial charge in [0.15, 0.2) is 12.2 Å². The van der Waals surface area contributed by atoms with Crippen LogP contribution >= 0.6 is 11.6 Å². The van der Waals surface area contributed by atoms with Crippen LogP contribution in [0, 0.1) is 0 Å². The fourth-order valence-electron chi connectivity index (χ4n) is 1.85. The van der Waals surface area contributed by atoms with E-state index < -0.39 is 24.1 Å². The molecule has 0 aliphatic heterocycles. The molecule has 0 heterocycles. The number of esters is 1. The normalized spacial score (nSPS) is 12.8. The number of anilines is 1. The van der Waals surface area contributed by atoms with Gasteiger partial charge in [0.1, 0.15) is 5.75 Å². The zero-order valence-electron chi connectivity index (χ0n) is 13.4. The minimum Gasteiger partial charge on any atom is -0.479 e. The van der Waals surface area contributed by atoms with Crippen LogP contribution < -0.4 is 10.1 Å². The van der Waals surface area contributed by atoms with Crippen LogP contribution in [0.25, 0.3) is 0 Å². The molecule has 5 nitrogen and oxygen atoms in total. The molecule has 0 aliphatic rings. The Morgan fingerprint density at radius 1 is 0.958 bits per heavy atom. The summed E-state index contributed by atoms with van der Waals surface area (Å²) in [5, 5.41) is 3.22. The fraction of sp³-hybridized carbons (Fsp3) is 0.222. The first-order valence-corrected chi connectivity index (χ1v) is 7.82. The summed E-state index contributed by atoms with van der Waals surface area (Å²) in [5.74, 6) is -0.490. The second-order valence-electron chi connectivity index (χ2n) is 5.15. The third-order valence-electron chi connectivity index (χ3n) is 3.16. The Morgan fingerprint density at radius 3 is 2.21 bits per heavy atom. The van der Waals surface area contributed by atoms with Crippen LogP contribution in [-0.4, -0.2) is 24.1 Å². The van der Waals surface area contributed by atoms with Crippen molar-refractivity contribution in [2.75, 3.05) is 5.32 Å². The van der Waals surface area contributed by atoms with Crippen molar-refractivity contribution in [3.8, 4) is 5.75 Å². The summed E-state index contributed by atoms with van der Waals surface area (Å²) >= 11 is 5.78. The molecule has 0 aliphatic carbocycles. The lowest BCUT2D eigenvalue weighted by molar-refractivity contribution is -0.159. The van der Waals surface area contributed by atoms with E-state index in [0.717, 1.165) is 0 Å². The third-order valence-corrected chi connectivity index (χ3v) is 3.41. The summed E-state index contributed by atoms with van der Waals surface area (Å²) in [5.41, 5.74) is 0.570. The average Bonchev–Trinajstić information content (AvgIpc) is 2.57. The number of nitrogens with one attached hydrogen (secondary N) is 1. The van der Waals surface area contributed by atoms with E-state index in [0.29, 0.717) is 16.5 Å². The van der Waals surface area contributed by atoms with E-state index in [2.05, 4.69) is 5.32 Å². The van der Waals surface area contributed by atoms with Crippen molar-refractivity contribution >= 4 is 29.2 Å². The van der Waals surface area contributed by atoms with Gasteiger partial charge in [0.25, 0.3) is 5.91 Å². The van der Waals surface area contributed by atoms with Crippen molar-refractivity contribution in [2.45, 2.75) is 26.1 Å². The van der Waals surface area contributed by atoms with E-state index in [1.807, 2.05) is 6.07 Å². The molecule has 0 bridgehead atoms. The number of amides is 1. The first kappa shape index (κ1) is 17.8. The topological polar surface area (TPSA) is 64.6 Å². The summed E-state index contributed by atoms with van der Waals surface area (Å²) < 4.78 is 10.6. The molecule has 0 saturated heterocycles. The highest BCUT2D eigenvalue weighted by atomic mass is 35.5. The van der Waals surface area contributed by atoms with E-state index in [4.69, 9.17) is 21.1 Å². The van der Waals surface area contributed by atoms with Crippen LogP contribution in [-0.2, 0) is 14.3 Å². The predicted molar refractivity (Wildman–Crippen MR) is 92.2 cm³/mol. The van der Waals surface area contributed by atoms with E-state index >= 15 is 0 Å². The lowest BCUT2D eigenvalue weighted by Crippen LogP contribution is -2.35. The highest BCUT2D eigenvalue weighted by molar-refractivity contribution is 6.30. The Balaban J connectivity index is 1.85. The minimum atomic E-state index is -0.949. The molecular formula is C18H18ClNO4. The molecule has 0 unspecified atom stereocenters. The smallest absolute Gasteiger partial charge is 0.347 e. The largest absolute Gasteiger partial charge is 0.479 e. The molecule has 6 heteroatoms. The number of rotatable bonds is 6. The van der Waals surface area contributed by atoms with Crippen molar-refractivity contribution in [2.24, 2.45) is 0 Å². The SMILES string of the molecule is C[C@@H](OC(=O)[C@@H](C)Oc1ccccc1)C(=O)Nc1ccc(Cl)cc1. The van der Waals surface area contributed by atoms with Gasteiger partial charge in [0.05, 0.1) is 0 Å². The average molecular weight is 348 g/mol. The Hall–Kier alpha value is -2.53. The van der Waals surface area contributed by atoms with E-state index in [1.54, 1.807) is 55.5 Å². The molecule has 0 saturated carbocycles. The maximum Gasteiger partial charge on any atom is 0.347 e. The first-order chi connectivity index (χ1) is 11.5. The summed E-state index contributed by atoms with van der Waals surface area (Å²) in [6.45, 7) is 3.07. The second kappa shape index (κ2) is 8.36. The van der Waals surface area contributed by atoms with Gasteiger partial charge in [0.2, 0.25) is 0 Å². The highest BCUT2D eigenvalue weighted by Crippen LogP contribution is 2.15. The van der Waals surface area contributed by atoms with Crippen molar-refractivity contribution < 1.29 is 19.1 Å². The van der Waals surface area contributed by atoms with Crippen LogP contribution in [0.5, 0.6) is 5.75 Å². The molecule has 24 heavy (non-hydrogen) atoms. The second-order valence-corrected chi connectivity index (χ2v) is 5.58. The predicted octanol–water partition coefficient (Wildman–Crippen LogP) is 3.68. The molecule has 1 N–H and O–H groups in total. The van der Waals surface area contributed by atoms with Crippen molar-refractivity contribution in [1.82, 2.24) is 0 Å². The number of hydrogen-bond donors (Lipinski definition) is 1. The minimum absolute atomic E-state index is 0.433. The molecule has 2 rings (SSSR count). The molecule has 126 valence electrons. The van der Waals surface area contributed by atoms with Crippen LogP contribution in [0.1, 0.15) is 13.8 Å². The van der Waals surface area contributed by atoms with Crippen LogP contribution in [0.3, 0.4) is 0 Å². The third kappa shape index (κ3) is 5.28. The quantitative estimate of drug-likeness (QED) is 0.810. The van der Waals surface area contributed by atoms with Gasteiger partial charge >= 0.3 is 5.97 Å². The van der Waals surface area contributed by atoms with Crippen LogP contribution in [0.2, 0.25) is 5.02 Å². The van der Waals surface area contributed by atoms with Gasteiger partial charge < -0.3 is 14.8 Å². The molecule has 0 aromatic heterocycles. The number of ether oxygens (including phenoxy) is 2. The number of hydrogen-bond acceptors (Lipinski definition) is 4. The van der Waals surface area contributed by atoms with Crippen LogP contribution in [0.4, 0.5) is 5.69 Å². The van der Waals surface area contributed by atoms with Gasteiger partial charge in [0, 0.05) is 10.7 Å². The Labute approximate surface area is 145 Å². The number of para-hydroxylation sites is 1. The maximum absolute atomic E-state index is 12.1. The van der Waals surface area contributed by atoms with E-state index in [-0.39, 0.29) is 0 Å². The highest BCUT2D eigenvalue weighted by Gasteiger charge is 2.23. The van der Waals surface area contributed by atoms with E-state index in [1.165, 1.54) is 6.92 Å². The van der Waals surface area contributed by atoms with E-state index in [9.17, 15) is 9.59 Å². The molecule has 0 radical (unpaired) electrons. The molecule has 1 amide bonds. The lowest BCUT2D eigenvalue weighted by Gasteiger charge is -2.17. The summed E-state index contributed by atoms with van der Waals surface area (Å²) in [6, 6.07) is 15.6. The zero-order chi connectivity index (χ0) is 17.5. The molecule has 0 spiro atoms. The molecular weight excluding hydrogens is 330 g/mol. The monoisotopic (exact) mass is 347 g/mol. The fourth-order valence-corrected chi connectivity index (χ4v) is 1.98. The Bertz CT molecular complexity index is 688. The molecule has 2 atom stereocenters. The van der Waals surface area contributed by atoms with Gasteiger partial charge in [-0.25, -0.2) is 4.79 Å². The Kier molecular flexibility index (Phi) is 6.21. The maximum atomic E-state index is 12.1. The number of carbonyl (C=O) groups excluding carboxylic acids is 2. The molecule has 2 aromatic rings. The number of carbonyl (C=O) groups is 2. The standard InChI is InChI=1S/C18H18ClNO4/c1-12(17(21)20-15-10-8-14(19)9-11-15)24-18(22)13(2)23-16-6-4-3-5-7-16/h3-13H,1-2H3,(H,20,21)/t12-,13-/m1/s1. The van der Waals surface area contributed by atoms with Gasteiger partial charge in [-0.1, -0.05) is 29.8 Å². The summed E-state index contributed by atoms with van der Waals surface area (Å²) in [7, 11) is 0. The number of halogens is 1. The van der Waals surface area contributed by atoms with Gasteiger partial charge in [-0.3, -0.25) is 4.79 Å². The number of benzene rings is 2. The zero-order valence-corrected chi connectivity index (χ0v) is 14.1. The van der Waals surface area contributed by atoms with Gasteiger partial charge in [-0.2, -0.15) is 0 Å². The van der Waals surface area contributed by atoms with Crippen molar-refractivity contribution in [3.63, 3.8) is 0 Å².